The Kier molecular flexibility index (Phi) is 7.26. The smallest absolute Gasteiger partial charge is 0.311 e. The molecule has 170 valence electrons. The maximum atomic E-state index is 12.3. The Hall–Kier alpha value is -3.66. The molecule has 0 atom stereocenters. The Bertz CT molecular complexity index is 1020. The standard InChI is InChI=1S/C22H27N5O5/c1-15-12-17(26-10-8-25(2)9-11-26)5-6-18(15)24-21(28)14-23-22(29)16-4-7-20(32-3)19(13-16)27(30)31/h4-7,12-13H,8-11,14H2,1-3H3,(H,23,29)(H,24,28). The normalized spacial score (nSPS) is 14.0. The van der Waals surface area contributed by atoms with Crippen LogP contribution in [0.1, 0.15) is 15.9 Å². The summed E-state index contributed by atoms with van der Waals surface area (Å²) >= 11 is 0. The highest BCUT2D eigenvalue weighted by Gasteiger charge is 2.19. The summed E-state index contributed by atoms with van der Waals surface area (Å²) in [5, 5.41) is 16.4. The second-order valence-electron chi connectivity index (χ2n) is 7.66. The fourth-order valence-corrected chi connectivity index (χ4v) is 3.48. The number of anilines is 2. The summed E-state index contributed by atoms with van der Waals surface area (Å²) in [7, 11) is 3.42. The molecule has 2 N–H and O–H groups in total. The number of nitro benzene ring substituents is 1. The molecule has 1 aliphatic rings. The van der Waals surface area contributed by atoms with Crippen LogP contribution >= 0.6 is 0 Å². The summed E-state index contributed by atoms with van der Waals surface area (Å²) in [4.78, 5) is 39.7. The number of carbonyl (C=O) groups is 2. The van der Waals surface area contributed by atoms with Gasteiger partial charge in [0, 0.05) is 49.2 Å². The van der Waals surface area contributed by atoms with Crippen LogP contribution in [-0.2, 0) is 4.79 Å². The number of hydrogen-bond acceptors (Lipinski definition) is 7. The van der Waals surface area contributed by atoms with Crippen molar-refractivity contribution in [2.45, 2.75) is 6.92 Å². The first-order valence-corrected chi connectivity index (χ1v) is 10.2. The van der Waals surface area contributed by atoms with Crippen LogP contribution in [0, 0.1) is 17.0 Å². The molecule has 1 fully saturated rings. The SMILES string of the molecule is COc1ccc(C(=O)NCC(=O)Nc2ccc(N3CCN(C)CC3)cc2C)cc1[N+](=O)[O-]. The Morgan fingerprint density at radius 2 is 1.84 bits per heavy atom. The van der Waals surface area contributed by atoms with E-state index in [-0.39, 0.29) is 23.5 Å². The second-order valence-corrected chi connectivity index (χ2v) is 7.66. The monoisotopic (exact) mass is 441 g/mol. The molecule has 10 heteroatoms. The number of carbonyl (C=O) groups excluding carboxylic acids is 2. The number of rotatable bonds is 7. The fourth-order valence-electron chi connectivity index (χ4n) is 3.48. The highest BCUT2D eigenvalue weighted by Crippen LogP contribution is 2.27. The maximum Gasteiger partial charge on any atom is 0.311 e. The molecule has 0 radical (unpaired) electrons. The van der Waals surface area contributed by atoms with Crippen molar-refractivity contribution in [2.75, 3.05) is 57.1 Å². The number of nitro groups is 1. The summed E-state index contributed by atoms with van der Waals surface area (Å²) in [5.74, 6) is -0.926. The molecule has 1 saturated heterocycles. The van der Waals surface area contributed by atoms with Gasteiger partial charge in [0.05, 0.1) is 18.6 Å². The zero-order valence-corrected chi connectivity index (χ0v) is 18.4. The van der Waals surface area contributed by atoms with Gasteiger partial charge in [0.25, 0.3) is 5.91 Å². The molecule has 0 saturated carbocycles. The number of amides is 2. The van der Waals surface area contributed by atoms with Gasteiger partial charge in [-0.15, -0.1) is 0 Å². The molecular formula is C22H27N5O5. The van der Waals surface area contributed by atoms with Gasteiger partial charge in [-0.3, -0.25) is 19.7 Å². The van der Waals surface area contributed by atoms with Crippen LogP contribution in [0.4, 0.5) is 17.1 Å². The summed E-state index contributed by atoms with van der Waals surface area (Å²) in [6.07, 6.45) is 0. The molecule has 0 unspecified atom stereocenters. The van der Waals surface area contributed by atoms with Gasteiger partial charge in [-0.2, -0.15) is 0 Å². The van der Waals surface area contributed by atoms with Crippen molar-refractivity contribution in [2.24, 2.45) is 0 Å². The number of nitrogens with one attached hydrogen (secondary N) is 2. The third-order valence-corrected chi connectivity index (χ3v) is 5.40. The number of hydrogen-bond donors (Lipinski definition) is 2. The summed E-state index contributed by atoms with van der Waals surface area (Å²) < 4.78 is 4.93. The lowest BCUT2D eigenvalue weighted by Gasteiger charge is -2.34. The Labute approximate surface area is 186 Å². The van der Waals surface area contributed by atoms with Crippen molar-refractivity contribution in [3.63, 3.8) is 0 Å². The van der Waals surface area contributed by atoms with Crippen LogP contribution < -0.4 is 20.3 Å². The first-order valence-electron chi connectivity index (χ1n) is 10.2. The zero-order valence-electron chi connectivity index (χ0n) is 18.4. The predicted molar refractivity (Wildman–Crippen MR) is 122 cm³/mol. The van der Waals surface area contributed by atoms with Gasteiger partial charge in [0.2, 0.25) is 5.91 Å². The lowest BCUT2D eigenvalue weighted by molar-refractivity contribution is -0.385. The van der Waals surface area contributed by atoms with Gasteiger partial charge >= 0.3 is 5.69 Å². The average molecular weight is 441 g/mol. The van der Waals surface area contributed by atoms with Crippen LogP contribution in [0.2, 0.25) is 0 Å². The van der Waals surface area contributed by atoms with Gasteiger partial charge in [-0.05, 0) is 49.9 Å². The minimum absolute atomic E-state index is 0.0554. The van der Waals surface area contributed by atoms with E-state index in [9.17, 15) is 19.7 Å². The molecule has 1 heterocycles. The van der Waals surface area contributed by atoms with Crippen molar-refractivity contribution < 1.29 is 19.2 Å². The van der Waals surface area contributed by atoms with Crippen LogP contribution in [0.3, 0.4) is 0 Å². The molecule has 0 spiro atoms. The number of likely N-dealkylation sites (N-methyl/N-ethyl adjacent to an activating group) is 1. The molecule has 2 aromatic carbocycles. The molecule has 2 aromatic rings. The highest BCUT2D eigenvalue weighted by atomic mass is 16.6. The van der Waals surface area contributed by atoms with E-state index < -0.39 is 16.7 Å². The van der Waals surface area contributed by atoms with Crippen LogP contribution in [0.15, 0.2) is 36.4 Å². The topological polar surface area (TPSA) is 117 Å². The molecule has 3 rings (SSSR count). The lowest BCUT2D eigenvalue weighted by atomic mass is 10.1. The van der Waals surface area contributed by atoms with E-state index in [0.29, 0.717) is 5.69 Å². The fraction of sp³-hybridized carbons (Fsp3) is 0.364. The van der Waals surface area contributed by atoms with Crippen molar-refractivity contribution in [3.05, 3.63) is 57.6 Å². The van der Waals surface area contributed by atoms with Gasteiger partial charge < -0.3 is 25.2 Å². The lowest BCUT2D eigenvalue weighted by Crippen LogP contribution is -2.44. The minimum atomic E-state index is -0.628. The third kappa shape index (κ3) is 5.52. The van der Waals surface area contributed by atoms with E-state index in [1.807, 2.05) is 25.1 Å². The van der Waals surface area contributed by atoms with Crippen molar-refractivity contribution in [1.29, 1.82) is 0 Å². The number of aryl methyl sites for hydroxylation is 1. The highest BCUT2D eigenvalue weighted by molar-refractivity contribution is 6.00. The number of benzene rings is 2. The van der Waals surface area contributed by atoms with Gasteiger partial charge in [-0.1, -0.05) is 0 Å². The predicted octanol–water partition coefficient (Wildman–Crippen LogP) is 2.03. The molecular weight excluding hydrogens is 414 g/mol. The molecule has 0 bridgehead atoms. The Morgan fingerprint density at radius 3 is 2.47 bits per heavy atom. The Balaban J connectivity index is 1.57. The van der Waals surface area contributed by atoms with E-state index in [4.69, 9.17) is 4.74 Å². The average Bonchev–Trinajstić information content (AvgIpc) is 2.78. The van der Waals surface area contributed by atoms with E-state index >= 15 is 0 Å². The molecule has 0 aliphatic carbocycles. The van der Waals surface area contributed by atoms with Crippen molar-refractivity contribution >= 4 is 28.9 Å². The summed E-state index contributed by atoms with van der Waals surface area (Å²) in [6.45, 7) is 5.58. The number of nitrogens with zero attached hydrogens (tertiary/aromatic N) is 3. The molecule has 0 aromatic heterocycles. The number of methoxy groups -OCH3 is 1. The van der Waals surface area contributed by atoms with Gasteiger partial charge in [0.1, 0.15) is 0 Å². The van der Waals surface area contributed by atoms with Gasteiger partial charge in [0.15, 0.2) is 5.75 Å². The van der Waals surface area contributed by atoms with Crippen LogP contribution in [0.25, 0.3) is 0 Å². The first kappa shape index (κ1) is 23.0. The first-order chi connectivity index (χ1) is 15.3. The molecule has 2 amide bonds. The molecule has 10 nitrogen and oxygen atoms in total. The van der Waals surface area contributed by atoms with Crippen molar-refractivity contribution in [3.8, 4) is 5.75 Å². The zero-order chi connectivity index (χ0) is 23.3. The van der Waals surface area contributed by atoms with Crippen LogP contribution in [0.5, 0.6) is 5.75 Å². The van der Waals surface area contributed by atoms with E-state index in [1.54, 1.807) is 0 Å². The number of piperazine rings is 1. The molecule has 32 heavy (non-hydrogen) atoms. The number of ether oxygens (including phenoxy) is 1. The summed E-state index contributed by atoms with van der Waals surface area (Å²) in [5.41, 5.74) is 2.45. The van der Waals surface area contributed by atoms with E-state index in [0.717, 1.165) is 43.5 Å². The van der Waals surface area contributed by atoms with Gasteiger partial charge in [-0.25, -0.2) is 0 Å². The van der Waals surface area contributed by atoms with E-state index in [2.05, 4.69) is 27.5 Å². The van der Waals surface area contributed by atoms with Crippen LogP contribution in [-0.4, -0.2) is 68.5 Å². The largest absolute Gasteiger partial charge is 0.490 e. The van der Waals surface area contributed by atoms with Crippen molar-refractivity contribution in [1.82, 2.24) is 10.2 Å². The Morgan fingerprint density at radius 1 is 1.12 bits per heavy atom. The maximum absolute atomic E-state index is 12.3. The second kappa shape index (κ2) is 10.1. The molecule has 1 aliphatic heterocycles. The third-order valence-electron chi connectivity index (χ3n) is 5.40. The minimum Gasteiger partial charge on any atom is -0.490 e. The quantitative estimate of drug-likeness (QED) is 0.499. The summed E-state index contributed by atoms with van der Waals surface area (Å²) in [6, 6.07) is 9.74. The van der Waals surface area contributed by atoms with E-state index in [1.165, 1.54) is 19.2 Å².